The highest BCUT2D eigenvalue weighted by Crippen LogP contribution is 2.56. The van der Waals surface area contributed by atoms with Crippen LogP contribution in [0.3, 0.4) is 0 Å². The topological polar surface area (TPSA) is 115 Å². The van der Waals surface area contributed by atoms with Gasteiger partial charge in [-0.2, -0.15) is 0 Å². The van der Waals surface area contributed by atoms with Gasteiger partial charge < -0.3 is 60.2 Å². The van der Waals surface area contributed by atoms with Crippen LogP contribution in [0.15, 0.2) is 243 Å². The summed E-state index contributed by atoms with van der Waals surface area (Å²) in [6, 6.07) is 81.7. The molecule has 2 saturated heterocycles. The van der Waals surface area contributed by atoms with Gasteiger partial charge in [-0.15, -0.1) is 0 Å². The fourth-order valence-electron chi connectivity index (χ4n) is 7.80. The van der Waals surface area contributed by atoms with Gasteiger partial charge in [0.2, 0.25) is 8.45 Å². The lowest BCUT2D eigenvalue weighted by atomic mass is 10.3. The van der Waals surface area contributed by atoms with Crippen LogP contribution in [0.5, 0.6) is 0 Å². The molecule has 0 aliphatic carbocycles. The van der Waals surface area contributed by atoms with E-state index in [0.717, 1.165) is 62.0 Å². The van der Waals surface area contributed by atoms with Crippen LogP contribution < -0.4 is 50.6 Å². The van der Waals surface area contributed by atoms with Gasteiger partial charge in [-0.1, -0.05) is 146 Å². The maximum absolute atomic E-state index is 8.53. The number of nitrogens with zero attached hydrogens (tertiary/aromatic N) is 4. The molecule has 2 aliphatic rings. The van der Waals surface area contributed by atoms with Crippen LogP contribution in [0.1, 0.15) is 0 Å². The predicted octanol–water partition coefficient (Wildman–Crippen LogP) is 13.9. The number of thiocarbonyl (C=S) groups is 2. The van der Waals surface area contributed by atoms with E-state index in [4.69, 9.17) is 45.3 Å². The van der Waals surface area contributed by atoms with E-state index in [1.54, 1.807) is 0 Å². The van der Waals surface area contributed by atoms with Crippen molar-refractivity contribution in [3.63, 3.8) is 0 Å². The van der Waals surface area contributed by atoms with E-state index in [1.807, 2.05) is 121 Å². The molecule has 2 heterocycles. The third-order valence-electron chi connectivity index (χ3n) is 11.5. The molecule has 2 fully saturated rings. The first-order valence-corrected chi connectivity index (χ1v) is 29.7. The third kappa shape index (κ3) is 19.8. The van der Waals surface area contributed by atoms with Crippen molar-refractivity contribution in [3.8, 4) is 0 Å². The Morgan fingerprint density at radius 1 is 0.403 bits per heavy atom. The highest BCUT2D eigenvalue weighted by atomic mass is 35.7. The van der Waals surface area contributed by atoms with Crippen molar-refractivity contribution < 1.29 is 9.63 Å². The molecule has 0 radical (unpaired) electrons. The third-order valence-corrected chi connectivity index (χ3v) is 16.8. The number of rotatable bonds is 17. The van der Waals surface area contributed by atoms with E-state index in [2.05, 4.69) is 172 Å². The quantitative estimate of drug-likeness (QED) is 0.0267. The molecule has 17 heteroatoms. The van der Waals surface area contributed by atoms with Gasteiger partial charge >= 0.3 is 0 Å². The number of benzene rings is 8. The van der Waals surface area contributed by atoms with Crippen LogP contribution in [0.2, 0.25) is 0 Å². The largest absolute Gasteiger partial charge is 0.395 e. The van der Waals surface area contributed by atoms with Gasteiger partial charge in [0.25, 0.3) is 0 Å². The summed E-state index contributed by atoms with van der Waals surface area (Å²) >= 11 is 17.0. The van der Waals surface area contributed by atoms with Crippen molar-refractivity contribution in [1.29, 1.82) is 0 Å². The minimum absolute atomic E-state index is 0.0800. The summed E-state index contributed by atoms with van der Waals surface area (Å²) in [5, 5.41) is 28.6. The Kier molecular flexibility index (Phi) is 24.9. The van der Waals surface area contributed by atoms with Crippen molar-refractivity contribution in [1.82, 2.24) is 10.6 Å². The number of hydrogen-bond acceptors (Lipinski definition) is 10. The molecule has 0 amide bonds. The molecular weight excluding hydrogens is 1050 g/mol. The van der Waals surface area contributed by atoms with Crippen LogP contribution in [0.4, 0.5) is 45.5 Å². The highest BCUT2D eigenvalue weighted by Gasteiger charge is 2.35. The predicted molar refractivity (Wildman–Crippen MR) is 339 cm³/mol. The summed E-state index contributed by atoms with van der Waals surface area (Å²) in [5.41, 5.74) is 9.04. The van der Waals surface area contributed by atoms with E-state index < -0.39 is 16.0 Å². The van der Waals surface area contributed by atoms with E-state index in [-0.39, 0.29) is 6.61 Å². The summed E-state index contributed by atoms with van der Waals surface area (Å²) in [7, 11) is -1.75. The van der Waals surface area contributed by atoms with E-state index in [0.29, 0.717) is 29.9 Å². The summed E-state index contributed by atoms with van der Waals surface area (Å²) in [6.07, 6.45) is 0. The second kappa shape index (κ2) is 33.2. The monoisotopic (exact) mass is 1120 g/mol. The Morgan fingerprint density at radius 2 is 0.688 bits per heavy atom. The maximum atomic E-state index is 8.53. The van der Waals surface area contributed by atoms with E-state index in [1.165, 1.54) is 22.7 Å². The zero-order valence-corrected chi connectivity index (χ0v) is 47.1. The first-order chi connectivity index (χ1) is 37.9. The molecule has 8 aromatic rings. The van der Waals surface area contributed by atoms with Gasteiger partial charge in [-0.05, 0) is 133 Å². The molecule has 77 heavy (non-hydrogen) atoms. The van der Waals surface area contributed by atoms with Gasteiger partial charge in [-0.25, -0.2) is 0 Å². The standard InChI is InChI=1S/C23H25N4OPS.C14H14ClN2P.C14H16N2.C9H12N2OS/c30-23(25-20-10-4-1-5-11-20)24-16-19-28-29-26(21-12-6-2-7-13-21)17-18-27(29)22-14-8-3-9-15-22;15-18-16(13-7-3-1-4-8-13)11-12-17(18)14-9-5-2-6-10-14;1-3-7-13(8-4-1)15-11-12-16-14-9-5-2-6-10-14;12-7-6-10-9(13)11-8-4-2-1-3-5-8/h1-15H,16-19H2,(H2,24,25,30);1-10H,11-12H2;1-10,15-16H,11-12H2;1-5,12H,6-7H2,(H2,10,11,13). The average molecular weight is 1120 g/mol. The van der Waals surface area contributed by atoms with Crippen LogP contribution in [-0.4, -0.2) is 80.9 Å². The second-order valence-corrected chi connectivity index (χ2v) is 21.9. The minimum Gasteiger partial charge on any atom is -0.395 e. The Balaban J connectivity index is 0.000000158. The van der Waals surface area contributed by atoms with Crippen LogP contribution in [-0.2, 0) is 4.52 Å². The first-order valence-electron chi connectivity index (χ1n) is 25.5. The molecule has 2 aliphatic heterocycles. The molecular formula is C60H67ClN10O2P2S2. The number of para-hydroxylation sites is 8. The highest BCUT2D eigenvalue weighted by molar-refractivity contribution is 7.86. The summed E-state index contributed by atoms with van der Waals surface area (Å²) in [5.74, 6) is 0. The first kappa shape index (κ1) is 57.7. The Morgan fingerprint density at radius 3 is 1.03 bits per heavy atom. The number of aliphatic hydroxyl groups is 1. The van der Waals surface area contributed by atoms with Gasteiger partial charge in [0.15, 0.2) is 17.8 Å². The van der Waals surface area contributed by atoms with Gasteiger partial charge in [0.05, 0.1) is 13.2 Å². The molecule has 0 unspecified atom stereocenters. The molecule has 0 spiro atoms. The molecule has 0 aromatic heterocycles. The van der Waals surface area contributed by atoms with E-state index in [9.17, 15) is 0 Å². The molecule has 12 nitrogen and oxygen atoms in total. The molecule has 398 valence electrons. The SMILES string of the molecule is ClP1N(c2ccccc2)CCN1c1ccccc1.OCCNC(=S)Nc1ccccc1.S=C(NCCOP1N(c2ccccc2)CCN1c1ccccc1)Nc1ccccc1.c1ccc(NCCNc2ccccc2)cc1. The lowest BCUT2D eigenvalue weighted by Gasteiger charge is -2.30. The lowest BCUT2D eigenvalue weighted by Crippen LogP contribution is -2.31. The number of aliphatic hydroxyl groups excluding tert-OH is 1. The number of hydrogen-bond donors (Lipinski definition) is 7. The molecule has 8 aromatic carbocycles. The number of halogens is 1. The molecule has 7 N–H and O–H groups in total. The zero-order chi connectivity index (χ0) is 53.5. The van der Waals surface area contributed by atoms with E-state index >= 15 is 0 Å². The van der Waals surface area contributed by atoms with Crippen molar-refractivity contribution in [2.45, 2.75) is 0 Å². The van der Waals surface area contributed by atoms with Gasteiger partial charge in [-0.3, -0.25) is 0 Å². The van der Waals surface area contributed by atoms with Crippen LogP contribution >= 0.6 is 51.7 Å². The molecule has 0 bridgehead atoms. The normalized spacial score (nSPS) is 12.9. The minimum atomic E-state index is -0.941. The lowest BCUT2D eigenvalue weighted by molar-refractivity contribution is 0.300. The number of nitrogens with one attached hydrogen (secondary N) is 6. The Hall–Kier alpha value is -6.99. The second-order valence-electron chi connectivity index (χ2n) is 17.0. The van der Waals surface area contributed by atoms with Crippen LogP contribution in [0.25, 0.3) is 0 Å². The van der Waals surface area contributed by atoms with Gasteiger partial charge in [0, 0.05) is 97.9 Å². The molecule has 0 atom stereocenters. The summed E-state index contributed by atoms with van der Waals surface area (Å²) in [6.45, 7) is 7.42. The fraction of sp³-hybridized carbons (Fsp3) is 0.167. The van der Waals surface area contributed by atoms with Crippen molar-refractivity contribution in [2.75, 3.05) is 106 Å². The number of anilines is 8. The van der Waals surface area contributed by atoms with Gasteiger partial charge in [0.1, 0.15) is 0 Å². The Labute approximate surface area is 473 Å². The summed E-state index contributed by atoms with van der Waals surface area (Å²) < 4.78 is 15.7. The zero-order valence-electron chi connectivity index (χ0n) is 42.9. The maximum Gasteiger partial charge on any atom is 0.248 e. The van der Waals surface area contributed by atoms with Crippen molar-refractivity contribution >= 4 is 107 Å². The molecule has 10 rings (SSSR count). The van der Waals surface area contributed by atoms with Crippen molar-refractivity contribution in [3.05, 3.63) is 243 Å². The smallest absolute Gasteiger partial charge is 0.248 e. The Bertz CT molecular complexity index is 2720. The summed E-state index contributed by atoms with van der Waals surface area (Å²) in [4.78, 5) is 0. The van der Waals surface area contributed by atoms with Crippen molar-refractivity contribution in [2.24, 2.45) is 0 Å². The fourth-order valence-corrected chi connectivity index (χ4v) is 12.6. The average Bonchev–Trinajstić information content (AvgIpc) is 4.11. The molecule has 0 saturated carbocycles. The van der Waals surface area contributed by atoms with Crippen LogP contribution in [0, 0.1) is 0 Å².